The molecule has 1 N–H and O–H groups in total. The van der Waals surface area contributed by atoms with E-state index in [9.17, 15) is 9.50 Å². The van der Waals surface area contributed by atoms with Crippen LogP contribution < -0.4 is 0 Å². The van der Waals surface area contributed by atoms with Crippen LogP contribution in [0.1, 0.15) is 18.6 Å². The van der Waals surface area contributed by atoms with Crippen LogP contribution in [0.25, 0.3) is 0 Å². The van der Waals surface area contributed by atoms with E-state index >= 15 is 0 Å². The number of aliphatic hydroxyl groups is 1. The summed E-state index contributed by atoms with van der Waals surface area (Å²) in [7, 11) is 0. The first-order valence-corrected chi connectivity index (χ1v) is 5.40. The Morgan fingerprint density at radius 3 is 2.92 bits per heavy atom. The van der Waals surface area contributed by atoms with Gasteiger partial charge in [-0.25, -0.2) is 4.39 Å². The number of thioether (sulfide) groups is 1. The van der Waals surface area contributed by atoms with Crippen LogP contribution in [0, 0.1) is 5.82 Å². The molecule has 1 rings (SSSR count). The van der Waals surface area contributed by atoms with Gasteiger partial charge < -0.3 is 5.11 Å². The van der Waals surface area contributed by atoms with Crippen LogP contribution in [0.5, 0.6) is 0 Å². The van der Waals surface area contributed by atoms with Gasteiger partial charge in [-0.3, -0.25) is 0 Å². The molecule has 1 atom stereocenters. The van der Waals surface area contributed by atoms with Crippen LogP contribution >= 0.6 is 11.8 Å². The van der Waals surface area contributed by atoms with Gasteiger partial charge in [-0.2, -0.15) is 11.8 Å². The Hall–Kier alpha value is -0.540. The monoisotopic (exact) mass is 200 g/mol. The molecule has 13 heavy (non-hydrogen) atoms. The van der Waals surface area contributed by atoms with Crippen molar-refractivity contribution in [2.45, 2.75) is 13.0 Å². The van der Waals surface area contributed by atoms with E-state index in [0.29, 0.717) is 11.3 Å². The van der Waals surface area contributed by atoms with Crippen molar-refractivity contribution in [3.05, 3.63) is 35.6 Å². The number of aliphatic hydroxyl groups excluding tert-OH is 1. The summed E-state index contributed by atoms with van der Waals surface area (Å²) in [4.78, 5) is 0. The summed E-state index contributed by atoms with van der Waals surface area (Å²) in [5, 5.41) is 9.59. The molecule has 1 aromatic carbocycles. The molecule has 0 saturated carbocycles. The predicted molar refractivity (Wildman–Crippen MR) is 54.4 cm³/mol. The normalized spacial score (nSPS) is 12.8. The van der Waals surface area contributed by atoms with Crippen LogP contribution in [0.2, 0.25) is 0 Å². The molecular weight excluding hydrogens is 187 g/mol. The van der Waals surface area contributed by atoms with Crippen LogP contribution in [0.3, 0.4) is 0 Å². The van der Waals surface area contributed by atoms with E-state index in [1.165, 1.54) is 12.1 Å². The highest BCUT2D eigenvalue weighted by atomic mass is 32.2. The van der Waals surface area contributed by atoms with E-state index in [1.54, 1.807) is 23.9 Å². The second-order valence-corrected chi connectivity index (χ2v) is 4.05. The lowest BCUT2D eigenvalue weighted by Gasteiger charge is -2.09. The highest BCUT2D eigenvalue weighted by molar-refractivity contribution is 7.99. The Morgan fingerprint density at radius 2 is 2.31 bits per heavy atom. The maximum absolute atomic E-state index is 12.7. The minimum Gasteiger partial charge on any atom is -0.388 e. The van der Waals surface area contributed by atoms with Crippen molar-refractivity contribution in [2.75, 3.05) is 11.5 Å². The quantitative estimate of drug-likeness (QED) is 0.806. The number of halogens is 1. The first kappa shape index (κ1) is 10.5. The summed E-state index contributed by atoms with van der Waals surface area (Å²) >= 11 is 1.64. The van der Waals surface area contributed by atoms with E-state index in [2.05, 4.69) is 0 Å². The van der Waals surface area contributed by atoms with Gasteiger partial charge in [-0.05, 0) is 23.4 Å². The molecule has 1 aromatic rings. The molecular formula is C10H13FOS. The average molecular weight is 200 g/mol. The van der Waals surface area contributed by atoms with Crippen molar-refractivity contribution >= 4 is 11.8 Å². The van der Waals surface area contributed by atoms with E-state index < -0.39 is 6.10 Å². The second kappa shape index (κ2) is 5.25. The van der Waals surface area contributed by atoms with E-state index in [4.69, 9.17) is 0 Å². The summed E-state index contributed by atoms with van der Waals surface area (Å²) in [6, 6.07) is 6.11. The van der Waals surface area contributed by atoms with Gasteiger partial charge in [-0.1, -0.05) is 19.1 Å². The lowest BCUT2D eigenvalue weighted by Crippen LogP contribution is -2.00. The summed E-state index contributed by atoms with van der Waals surface area (Å²) < 4.78 is 12.7. The molecule has 0 saturated heterocycles. The van der Waals surface area contributed by atoms with E-state index in [-0.39, 0.29) is 5.82 Å². The zero-order valence-corrected chi connectivity index (χ0v) is 8.35. The maximum atomic E-state index is 12.7. The summed E-state index contributed by atoms with van der Waals surface area (Å²) in [5.41, 5.74) is 0.654. The molecule has 72 valence electrons. The summed E-state index contributed by atoms with van der Waals surface area (Å²) in [5.74, 6) is 1.30. The van der Waals surface area contributed by atoms with Gasteiger partial charge in [-0.15, -0.1) is 0 Å². The van der Waals surface area contributed by atoms with Crippen LogP contribution in [0.15, 0.2) is 24.3 Å². The molecule has 0 aliphatic rings. The van der Waals surface area contributed by atoms with Crippen LogP contribution in [-0.4, -0.2) is 16.6 Å². The topological polar surface area (TPSA) is 20.2 Å². The lowest BCUT2D eigenvalue weighted by atomic mass is 10.1. The smallest absolute Gasteiger partial charge is 0.123 e. The maximum Gasteiger partial charge on any atom is 0.123 e. The van der Waals surface area contributed by atoms with Crippen molar-refractivity contribution < 1.29 is 9.50 Å². The van der Waals surface area contributed by atoms with Gasteiger partial charge in [0.15, 0.2) is 0 Å². The molecule has 0 fully saturated rings. The molecule has 1 unspecified atom stereocenters. The lowest BCUT2D eigenvalue weighted by molar-refractivity contribution is 0.203. The van der Waals surface area contributed by atoms with Gasteiger partial charge in [0.05, 0.1) is 6.10 Å². The molecule has 0 aromatic heterocycles. The third kappa shape index (κ3) is 3.36. The van der Waals surface area contributed by atoms with E-state index in [0.717, 1.165) is 5.75 Å². The largest absolute Gasteiger partial charge is 0.388 e. The average Bonchev–Trinajstić information content (AvgIpc) is 2.14. The number of benzene rings is 1. The highest BCUT2D eigenvalue weighted by Gasteiger charge is 2.06. The van der Waals surface area contributed by atoms with E-state index in [1.807, 2.05) is 6.92 Å². The first-order chi connectivity index (χ1) is 6.24. The van der Waals surface area contributed by atoms with Crippen molar-refractivity contribution in [3.8, 4) is 0 Å². The Balaban J connectivity index is 2.60. The van der Waals surface area contributed by atoms with Crippen molar-refractivity contribution in [1.82, 2.24) is 0 Å². The Bertz CT molecular complexity index is 265. The molecule has 0 radical (unpaired) electrons. The number of hydrogen-bond acceptors (Lipinski definition) is 2. The highest BCUT2D eigenvalue weighted by Crippen LogP contribution is 2.18. The van der Waals surface area contributed by atoms with Gasteiger partial charge in [0.1, 0.15) is 5.82 Å². The molecule has 1 nitrogen and oxygen atoms in total. The van der Waals surface area contributed by atoms with Gasteiger partial charge >= 0.3 is 0 Å². The van der Waals surface area contributed by atoms with Crippen molar-refractivity contribution in [2.24, 2.45) is 0 Å². The Morgan fingerprint density at radius 1 is 1.54 bits per heavy atom. The number of rotatable bonds is 4. The van der Waals surface area contributed by atoms with Gasteiger partial charge in [0, 0.05) is 5.75 Å². The number of hydrogen-bond donors (Lipinski definition) is 1. The minimum absolute atomic E-state index is 0.293. The Labute approximate surface area is 82.0 Å². The van der Waals surface area contributed by atoms with Gasteiger partial charge in [0.2, 0.25) is 0 Å². The van der Waals surface area contributed by atoms with Crippen molar-refractivity contribution in [3.63, 3.8) is 0 Å². The zero-order chi connectivity index (χ0) is 9.68. The molecule has 0 aliphatic heterocycles. The molecule has 3 heteroatoms. The predicted octanol–water partition coefficient (Wildman–Crippen LogP) is 2.61. The van der Waals surface area contributed by atoms with Crippen LogP contribution in [0.4, 0.5) is 4.39 Å². The van der Waals surface area contributed by atoms with Crippen LogP contribution in [-0.2, 0) is 0 Å². The minimum atomic E-state index is -0.555. The Kier molecular flexibility index (Phi) is 4.25. The molecule has 0 amide bonds. The first-order valence-electron chi connectivity index (χ1n) is 4.25. The van der Waals surface area contributed by atoms with Gasteiger partial charge in [0.25, 0.3) is 0 Å². The molecule has 0 spiro atoms. The third-order valence-electron chi connectivity index (χ3n) is 1.71. The fourth-order valence-electron chi connectivity index (χ4n) is 1.04. The fraction of sp³-hybridized carbons (Fsp3) is 0.400. The molecule has 0 aliphatic carbocycles. The second-order valence-electron chi connectivity index (χ2n) is 2.73. The van der Waals surface area contributed by atoms with Crippen molar-refractivity contribution in [1.29, 1.82) is 0 Å². The molecule has 0 bridgehead atoms. The third-order valence-corrected chi connectivity index (χ3v) is 2.67. The summed E-state index contributed by atoms with van der Waals surface area (Å²) in [6.07, 6.45) is -0.555. The fourth-order valence-corrected chi connectivity index (χ4v) is 1.69. The standard InChI is InChI=1S/C10H13FOS/c1-2-13-7-10(12)8-4-3-5-9(11)6-8/h3-6,10,12H,2,7H2,1H3. The molecule has 0 heterocycles. The zero-order valence-electron chi connectivity index (χ0n) is 7.53. The SMILES string of the molecule is CCSCC(O)c1cccc(F)c1. The summed E-state index contributed by atoms with van der Waals surface area (Å²) in [6.45, 7) is 2.03.